The number of carbonyl (C=O) groups excluding carboxylic acids is 2. The van der Waals surface area contributed by atoms with E-state index >= 15 is 0 Å². The van der Waals surface area contributed by atoms with Crippen molar-refractivity contribution in [1.82, 2.24) is 10.2 Å². The minimum absolute atomic E-state index is 0.0465. The third kappa shape index (κ3) is 4.99. The van der Waals surface area contributed by atoms with Gasteiger partial charge in [-0.3, -0.25) is 14.5 Å². The summed E-state index contributed by atoms with van der Waals surface area (Å²) in [5, 5.41) is 5.65. The fourth-order valence-electron chi connectivity index (χ4n) is 4.27. The Morgan fingerprint density at radius 2 is 1.77 bits per heavy atom. The lowest BCUT2D eigenvalue weighted by Gasteiger charge is -2.26. The first kappa shape index (κ1) is 21.2. The van der Waals surface area contributed by atoms with Crippen LogP contribution in [0.3, 0.4) is 0 Å². The second-order valence-electron chi connectivity index (χ2n) is 8.12. The van der Waals surface area contributed by atoms with Gasteiger partial charge in [0.05, 0.1) is 13.1 Å². The summed E-state index contributed by atoms with van der Waals surface area (Å²) in [6.45, 7) is 6.08. The molecular weight excluding hydrogens is 394 g/mol. The van der Waals surface area contributed by atoms with E-state index in [0.29, 0.717) is 13.2 Å². The zero-order valence-electron chi connectivity index (χ0n) is 18.1. The number of benzene rings is 2. The second kappa shape index (κ2) is 9.39. The van der Waals surface area contributed by atoms with Crippen molar-refractivity contribution in [3.05, 3.63) is 53.1 Å². The summed E-state index contributed by atoms with van der Waals surface area (Å²) in [4.78, 5) is 27.0. The quantitative estimate of drug-likeness (QED) is 0.747. The molecule has 0 aliphatic carbocycles. The lowest BCUT2D eigenvalue weighted by atomic mass is 10.0. The van der Waals surface area contributed by atoms with E-state index in [2.05, 4.69) is 15.5 Å². The average molecular weight is 424 g/mol. The molecule has 2 aliphatic rings. The maximum atomic E-state index is 12.5. The number of aryl methyl sites for hydroxylation is 2. The van der Waals surface area contributed by atoms with Crippen LogP contribution in [0.5, 0.6) is 11.5 Å². The number of likely N-dealkylation sites (tertiary alicyclic amines) is 1. The maximum absolute atomic E-state index is 12.5. The van der Waals surface area contributed by atoms with Gasteiger partial charge in [-0.25, -0.2) is 0 Å². The van der Waals surface area contributed by atoms with Gasteiger partial charge in [-0.2, -0.15) is 0 Å². The summed E-state index contributed by atoms with van der Waals surface area (Å²) in [6.07, 6.45) is 2.01. The van der Waals surface area contributed by atoms with E-state index in [1.54, 1.807) is 0 Å². The molecule has 31 heavy (non-hydrogen) atoms. The van der Waals surface area contributed by atoms with Crippen LogP contribution < -0.4 is 20.1 Å². The molecule has 1 saturated heterocycles. The van der Waals surface area contributed by atoms with Crippen molar-refractivity contribution >= 4 is 17.5 Å². The molecule has 1 fully saturated rings. The van der Waals surface area contributed by atoms with Crippen LogP contribution in [0.4, 0.5) is 5.69 Å². The van der Waals surface area contributed by atoms with Crippen molar-refractivity contribution in [2.24, 2.45) is 0 Å². The number of anilines is 1. The summed E-state index contributed by atoms with van der Waals surface area (Å²) < 4.78 is 11.3. The molecule has 0 radical (unpaired) electrons. The number of hydrogen-bond acceptors (Lipinski definition) is 5. The molecule has 4 rings (SSSR count). The minimum Gasteiger partial charge on any atom is -0.486 e. The van der Waals surface area contributed by atoms with Gasteiger partial charge in [0.15, 0.2) is 11.5 Å². The van der Waals surface area contributed by atoms with E-state index in [0.717, 1.165) is 53.3 Å². The Bertz CT molecular complexity index is 955. The van der Waals surface area contributed by atoms with Gasteiger partial charge in [-0.15, -0.1) is 0 Å². The molecule has 2 aromatic carbocycles. The third-order valence-electron chi connectivity index (χ3n) is 5.85. The molecule has 0 aromatic heterocycles. The molecule has 1 atom stereocenters. The number of nitrogens with zero attached hydrogens (tertiary/aromatic N) is 1. The van der Waals surface area contributed by atoms with Crippen molar-refractivity contribution in [1.29, 1.82) is 0 Å². The molecule has 7 heteroatoms. The van der Waals surface area contributed by atoms with Crippen LogP contribution in [0.1, 0.15) is 35.6 Å². The number of nitrogens with one attached hydrogen (secondary N) is 2. The summed E-state index contributed by atoms with van der Waals surface area (Å²) in [5.41, 5.74) is 3.93. The fourth-order valence-corrected chi connectivity index (χ4v) is 4.27. The van der Waals surface area contributed by atoms with Crippen molar-refractivity contribution < 1.29 is 19.1 Å². The molecule has 2 heterocycles. The molecule has 164 valence electrons. The Hall–Kier alpha value is -3.06. The Labute approximate surface area is 182 Å². The summed E-state index contributed by atoms with van der Waals surface area (Å²) in [5.74, 6) is 1.16. The zero-order valence-corrected chi connectivity index (χ0v) is 18.1. The van der Waals surface area contributed by atoms with Gasteiger partial charge in [-0.1, -0.05) is 24.3 Å². The van der Waals surface area contributed by atoms with Crippen LogP contribution in [0.2, 0.25) is 0 Å². The van der Waals surface area contributed by atoms with E-state index in [9.17, 15) is 9.59 Å². The smallest absolute Gasteiger partial charge is 0.243 e. The van der Waals surface area contributed by atoms with Gasteiger partial charge < -0.3 is 20.1 Å². The topological polar surface area (TPSA) is 79.9 Å². The number of carbonyl (C=O) groups is 2. The molecule has 0 spiro atoms. The zero-order chi connectivity index (χ0) is 21.8. The standard InChI is InChI=1S/C24H29N3O4/c1-16-5-3-6-17(2)24(16)26-22(28)14-25-23(29)15-27-10-4-7-19(27)18-8-9-20-21(13-18)31-12-11-30-20/h3,5-6,8-9,13,19H,4,7,10-12,14-15H2,1-2H3,(H,25,29)(H,26,28)/t19-/m0/s1. The SMILES string of the molecule is Cc1cccc(C)c1NC(=O)CNC(=O)CN1CCC[C@H]1c1ccc2c(c1)OCCO2. The van der Waals surface area contributed by atoms with Crippen LogP contribution in [0.25, 0.3) is 0 Å². The largest absolute Gasteiger partial charge is 0.486 e. The number of hydrogen-bond donors (Lipinski definition) is 2. The van der Waals surface area contributed by atoms with Crippen molar-refractivity contribution in [3.63, 3.8) is 0 Å². The minimum atomic E-state index is -0.226. The number of para-hydroxylation sites is 1. The first-order valence-corrected chi connectivity index (χ1v) is 10.8. The Morgan fingerprint density at radius 1 is 1.03 bits per heavy atom. The average Bonchev–Trinajstić information content (AvgIpc) is 3.22. The molecule has 2 N–H and O–H groups in total. The monoisotopic (exact) mass is 423 g/mol. The predicted molar refractivity (Wildman–Crippen MR) is 119 cm³/mol. The predicted octanol–water partition coefficient (Wildman–Crippen LogP) is 2.97. The van der Waals surface area contributed by atoms with Gasteiger partial charge in [0.25, 0.3) is 0 Å². The summed E-state index contributed by atoms with van der Waals surface area (Å²) in [6, 6.07) is 12.0. The first-order chi connectivity index (χ1) is 15.0. The van der Waals surface area contributed by atoms with E-state index in [1.165, 1.54) is 0 Å². The Balaban J connectivity index is 1.31. The highest BCUT2D eigenvalue weighted by molar-refractivity contribution is 5.95. The van der Waals surface area contributed by atoms with Gasteiger partial charge in [-0.05, 0) is 62.1 Å². The van der Waals surface area contributed by atoms with Crippen LogP contribution >= 0.6 is 0 Å². The van der Waals surface area contributed by atoms with Crippen LogP contribution in [-0.2, 0) is 9.59 Å². The number of rotatable bonds is 6. The van der Waals surface area contributed by atoms with Gasteiger partial charge in [0.1, 0.15) is 13.2 Å². The van der Waals surface area contributed by atoms with E-state index in [1.807, 2.05) is 50.2 Å². The molecule has 0 saturated carbocycles. The molecule has 7 nitrogen and oxygen atoms in total. The molecule has 2 aliphatic heterocycles. The van der Waals surface area contributed by atoms with Crippen LogP contribution in [0, 0.1) is 13.8 Å². The first-order valence-electron chi connectivity index (χ1n) is 10.8. The molecular formula is C24H29N3O4. The van der Waals surface area contributed by atoms with Crippen molar-refractivity contribution in [2.75, 3.05) is 38.2 Å². The lowest BCUT2D eigenvalue weighted by molar-refractivity contribution is -0.125. The summed E-state index contributed by atoms with van der Waals surface area (Å²) in [7, 11) is 0. The highest BCUT2D eigenvalue weighted by Crippen LogP contribution is 2.37. The molecule has 0 bridgehead atoms. The van der Waals surface area contributed by atoms with Crippen molar-refractivity contribution in [2.45, 2.75) is 32.7 Å². The normalized spacial score (nSPS) is 17.9. The number of fused-ring (bicyclic) bond motifs is 1. The van der Waals surface area contributed by atoms with Crippen LogP contribution in [-0.4, -0.2) is 49.6 Å². The molecule has 2 amide bonds. The number of amides is 2. The van der Waals surface area contributed by atoms with E-state index < -0.39 is 0 Å². The van der Waals surface area contributed by atoms with Crippen LogP contribution in [0.15, 0.2) is 36.4 Å². The third-order valence-corrected chi connectivity index (χ3v) is 5.85. The van der Waals surface area contributed by atoms with E-state index in [4.69, 9.17) is 9.47 Å². The second-order valence-corrected chi connectivity index (χ2v) is 8.12. The lowest BCUT2D eigenvalue weighted by Crippen LogP contribution is -2.40. The summed E-state index contributed by atoms with van der Waals surface area (Å²) >= 11 is 0. The number of ether oxygens (including phenoxy) is 2. The van der Waals surface area contributed by atoms with Gasteiger partial charge >= 0.3 is 0 Å². The maximum Gasteiger partial charge on any atom is 0.243 e. The molecule has 0 unspecified atom stereocenters. The van der Waals surface area contributed by atoms with Gasteiger partial charge in [0.2, 0.25) is 11.8 Å². The highest BCUT2D eigenvalue weighted by Gasteiger charge is 2.28. The fraction of sp³-hybridized carbons (Fsp3) is 0.417. The molecule has 2 aromatic rings. The van der Waals surface area contributed by atoms with E-state index in [-0.39, 0.29) is 30.9 Å². The van der Waals surface area contributed by atoms with Crippen molar-refractivity contribution in [3.8, 4) is 11.5 Å². The Kier molecular flexibility index (Phi) is 6.42. The van der Waals surface area contributed by atoms with Gasteiger partial charge in [0, 0.05) is 11.7 Å². The highest BCUT2D eigenvalue weighted by atomic mass is 16.6. The Morgan fingerprint density at radius 3 is 2.55 bits per heavy atom.